The van der Waals surface area contributed by atoms with Gasteiger partial charge in [-0.05, 0) is 23.6 Å². The maximum atomic E-state index is 12.7. The van der Waals surface area contributed by atoms with Crippen LogP contribution in [0.2, 0.25) is 0 Å². The number of para-hydroxylation sites is 1. The Morgan fingerprint density at radius 2 is 1.69 bits per heavy atom. The summed E-state index contributed by atoms with van der Waals surface area (Å²) in [5.74, 6) is 0.0852. The molecule has 4 nitrogen and oxygen atoms in total. The van der Waals surface area contributed by atoms with E-state index >= 15 is 0 Å². The zero-order valence-corrected chi connectivity index (χ0v) is 15.6. The van der Waals surface area contributed by atoms with Gasteiger partial charge in [-0.2, -0.15) is 0 Å². The molecule has 1 aliphatic rings. The Kier molecular flexibility index (Phi) is 5.71. The van der Waals surface area contributed by atoms with Gasteiger partial charge >= 0.3 is 0 Å². The zero-order valence-electron chi connectivity index (χ0n) is 15.6. The number of anilines is 1. The van der Waals surface area contributed by atoms with Crippen molar-refractivity contribution >= 4 is 17.4 Å². The van der Waals surface area contributed by atoms with Gasteiger partial charge in [-0.15, -0.1) is 0 Å². The molecule has 2 aromatic carbocycles. The maximum Gasteiger partial charge on any atom is 0.223 e. The van der Waals surface area contributed by atoms with Crippen molar-refractivity contribution in [2.45, 2.75) is 32.7 Å². The molecule has 0 atom stereocenters. The molecule has 136 valence electrons. The second-order valence-electron chi connectivity index (χ2n) is 6.84. The van der Waals surface area contributed by atoms with Crippen LogP contribution in [0, 0.1) is 0 Å². The highest BCUT2D eigenvalue weighted by Crippen LogP contribution is 2.24. The van der Waals surface area contributed by atoms with Crippen molar-refractivity contribution in [3.8, 4) is 0 Å². The first-order chi connectivity index (χ1) is 12.6. The van der Waals surface area contributed by atoms with E-state index in [-0.39, 0.29) is 24.5 Å². The number of benzene rings is 2. The second-order valence-corrected chi connectivity index (χ2v) is 6.84. The highest BCUT2D eigenvalue weighted by Gasteiger charge is 2.21. The molecule has 2 aromatic rings. The fraction of sp³-hybridized carbons (Fsp3) is 0.364. The lowest BCUT2D eigenvalue weighted by Crippen LogP contribution is -2.34. The molecule has 1 aliphatic heterocycles. The number of nitrogens with zero attached hydrogens (tertiary/aromatic N) is 2. The number of hydrogen-bond acceptors (Lipinski definition) is 3. The molecule has 0 N–H and O–H groups in total. The lowest BCUT2D eigenvalue weighted by molar-refractivity contribution is -0.131. The van der Waals surface area contributed by atoms with Crippen LogP contribution in [0.4, 0.5) is 5.69 Å². The highest BCUT2D eigenvalue weighted by atomic mass is 16.2. The van der Waals surface area contributed by atoms with Crippen LogP contribution in [0.15, 0.2) is 48.5 Å². The number of aryl methyl sites for hydroxylation is 1. The molecular formula is C22H26N2O2. The summed E-state index contributed by atoms with van der Waals surface area (Å²) in [5.41, 5.74) is 4.23. The Hall–Kier alpha value is -2.62. The monoisotopic (exact) mass is 350 g/mol. The predicted molar refractivity (Wildman–Crippen MR) is 105 cm³/mol. The smallest absolute Gasteiger partial charge is 0.223 e. The summed E-state index contributed by atoms with van der Waals surface area (Å²) in [6.07, 6.45) is 1.48. The number of ketones is 1. The van der Waals surface area contributed by atoms with Crippen LogP contribution in [-0.2, 0) is 17.8 Å². The molecule has 0 saturated heterocycles. The second kappa shape index (κ2) is 8.17. The Bertz CT molecular complexity index is 783. The first-order valence-corrected chi connectivity index (χ1v) is 9.27. The molecular weight excluding hydrogens is 324 g/mol. The highest BCUT2D eigenvalue weighted by molar-refractivity contribution is 5.98. The molecule has 0 saturated carbocycles. The average molecular weight is 350 g/mol. The minimum Gasteiger partial charge on any atom is -0.373 e. The number of rotatable bonds is 5. The Labute approximate surface area is 155 Å². The van der Waals surface area contributed by atoms with Gasteiger partial charge in [-0.3, -0.25) is 9.59 Å². The van der Waals surface area contributed by atoms with Crippen molar-refractivity contribution in [2.75, 3.05) is 25.0 Å². The third kappa shape index (κ3) is 4.13. The van der Waals surface area contributed by atoms with Gasteiger partial charge in [0.2, 0.25) is 5.91 Å². The van der Waals surface area contributed by atoms with Crippen molar-refractivity contribution < 1.29 is 9.59 Å². The number of likely N-dealkylation sites (N-methyl/N-ethyl adjacent to an activating group) is 1. The van der Waals surface area contributed by atoms with Crippen LogP contribution in [0.25, 0.3) is 0 Å². The lowest BCUT2D eigenvalue weighted by atomic mass is 10.0. The molecule has 0 radical (unpaired) electrons. The van der Waals surface area contributed by atoms with E-state index < -0.39 is 0 Å². The van der Waals surface area contributed by atoms with Crippen LogP contribution in [-0.4, -0.2) is 36.7 Å². The molecule has 1 heterocycles. The first kappa shape index (κ1) is 18.2. The third-order valence-corrected chi connectivity index (χ3v) is 5.07. The molecule has 0 aliphatic carbocycles. The van der Waals surface area contributed by atoms with E-state index in [0.717, 1.165) is 18.5 Å². The first-order valence-electron chi connectivity index (χ1n) is 9.27. The van der Waals surface area contributed by atoms with Gasteiger partial charge in [0.15, 0.2) is 5.78 Å². The zero-order chi connectivity index (χ0) is 18.5. The van der Waals surface area contributed by atoms with Gasteiger partial charge in [0.1, 0.15) is 0 Å². The number of hydrogen-bond donors (Lipinski definition) is 0. The Morgan fingerprint density at radius 1 is 0.962 bits per heavy atom. The van der Waals surface area contributed by atoms with E-state index in [1.165, 1.54) is 11.3 Å². The van der Waals surface area contributed by atoms with Crippen molar-refractivity contribution in [2.24, 2.45) is 0 Å². The van der Waals surface area contributed by atoms with Gasteiger partial charge in [-0.1, -0.05) is 49.4 Å². The van der Waals surface area contributed by atoms with E-state index in [0.29, 0.717) is 18.7 Å². The van der Waals surface area contributed by atoms with E-state index in [9.17, 15) is 9.59 Å². The number of amides is 1. The van der Waals surface area contributed by atoms with Gasteiger partial charge in [0.05, 0.1) is 0 Å². The van der Waals surface area contributed by atoms with Crippen LogP contribution < -0.4 is 4.90 Å². The maximum absolute atomic E-state index is 12.7. The van der Waals surface area contributed by atoms with Gasteiger partial charge in [0.25, 0.3) is 0 Å². The van der Waals surface area contributed by atoms with E-state index in [4.69, 9.17) is 0 Å². The van der Waals surface area contributed by atoms with Crippen molar-refractivity contribution in [3.05, 3.63) is 65.2 Å². The number of Topliss-reactive ketones (excluding diaryl/α,β-unsaturated/α-hetero) is 1. The molecule has 4 heteroatoms. The molecule has 0 unspecified atom stereocenters. The van der Waals surface area contributed by atoms with Crippen LogP contribution in [0.1, 0.15) is 41.3 Å². The predicted octanol–water partition coefficient (Wildman–Crippen LogP) is 3.69. The summed E-state index contributed by atoms with van der Waals surface area (Å²) < 4.78 is 0. The number of carbonyl (C=O) groups excluding carboxylic acids is 2. The number of carbonyl (C=O) groups is 2. The SMILES string of the molecule is CCc1ccc(C(=O)CCC(=O)N2CCN(C)c3ccccc3C2)cc1. The van der Waals surface area contributed by atoms with E-state index in [1.807, 2.05) is 41.3 Å². The summed E-state index contributed by atoms with van der Waals surface area (Å²) in [4.78, 5) is 29.1. The van der Waals surface area contributed by atoms with Crippen molar-refractivity contribution in [1.82, 2.24) is 4.90 Å². The minimum atomic E-state index is 0.0355. The minimum absolute atomic E-state index is 0.0355. The molecule has 0 fully saturated rings. The van der Waals surface area contributed by atoms with Gasteiger partial charge in [0, 0.05) is 50.8 Å². The third-order valence-electron chi connectivity index (χ3n) is 5.07. The molecule has 0 spiro atoms. The average Bonchev–Trinajstić information content (AvgIpc) is 2.85. The molecule has 3 rings (SSSR count). The van der Waals surface area contributed by atoms with Crippen molar-refractivity contribution in [1.29, 1.82) is 0 Å². The Morgan fingerprint density at radius 3 is 2.42 bits per heavy atom. The summed E-state index contributed by atoms with van der Waals surface area (Å²) >= 11 is 0. The summed E-state index contributed by atoms with van der Waals surface area (Å²) in [7, 11) is 2.05. The molecule has 0 bridgehead atoms. The Balaban J connectivity index is 1.60. The van der Waals surface area contributed by atoms with Gasteiger partial charge < -0.3 is 9.80 Å². The summed E-state index contributed by atoms with van der Waals surface area (Å²) in [6, 6.07) is 15.9. The van der Waals surface area contributed by atoms with Crippen LogP contribution >= 0.6 is 0 Å². The normalized spacial score (nSPS) is 13.9. The topological polar surface area (TPSA) is 40.6 Å². The summed E-state index contributed by atoms with van der Waals surface area (Å²) in [5, 5.41) is 0. The quantitative estimate of drug-likeness (QED) is 0.772. The number of fused-ring (bicyclic) bond motifs is 1. The standard InChI is InChI=1S/C22H26N2O2/c1-3-17-8-10-18(11-9-17)21(25)12-13-22(26)24-15-14-23(2)20-7-5-4-6-19(20)16-24/h4-11H,3,12-16H2,1-2H3. The van der Waals surface area contributed by atoms with Crippen molar-refractivity contribution in [3.63, 3.8) is 0 Å². The molecule has 26 heavy (non-hydrogen) atoms. The van der Waals surface area contributed by atoms with Crippen LogP contribution in [0.5, 0.6) is 0 Å². The van der Waals surface area contributed by atoms with Crippen LogP contribution in [0.3, 0.4) is 0 Å². The fourth-order valence-corrected chi connectivity index (χ4v) is 3.35. The molecule has 0 aromatic heterocycles. The lowest BCUT2D eigenvalue weighted by Gasteiger charge is -2.21. The van der Waals surface area contributed by atoms with Gasteiger partial charge in [-0.25, -0.2) is 0 Å². The molecule has 1 amide bonds. The van der Waals surface area contributed by atoms with E-state index in [2.05, 4.69) is 31.0 Å². The summed E-state index contributed by atoms with van der Waals surface area (Å²) in [6.45, 7) is 4.18. The van der Waals surface area contributed by atoms with E-state index in [1.54, 1.807) is 0 Å². The largest absolute Gasteiger partial charge is 0.373 e. The fourth-order valence-electron chi connectivity index (χ4n) is 3.35.